The summed E-state index contributed by atoms with van der Waals surface area (Å²) in [4.78, 5) is 14.4. The second kappa shape index (κ2) is 9.25. The Morgan fingerprint density at radius 3 is 2.58 bits per heavy atom. The summed E-state index contributed by atoms with van der Waals surface area (Å²) in [6, 6.07) is 15.7. The van der Waals surface area contributed by atoms with E-state index in [-0.39, 0.29) is 12.5 Å². The molecule has 2 aromatic carbocycles. The maximum Gasteiger partial charge on any atom is 0.250 e. The first-order valence-corrected chi connectivity index (χ1v) is 9.10. The van der Waals surface area contributed by atoms with E-state index in [9.17, 15) is 4.79 Å². The second-order valence-electron chi connectivity index (χ2n) is 6.49. The molecule has 1 aliphatic rings. The predicted octanol–water partition coefficient (Wildman–Crippen LogP) is 3.84. The first-order chi connectivity index (χ1) is 12.7. The van der Waals surface area contributed by atoms with Crippen molar-refractivity contribution in [2.45, 2.75) is 25.9 Å². The van der Waals surface area contributed by atoms with Gasteiger partial charge in [-0.2, -0.15) is 0 Å². The smallest absolute Gasteiger partial charge is 0.250 e. The minimum Gasteiger partial charge on any atom is -0.497 e. The van der Waals surface area contributed by atoms with Gasteiger partial charge in [0.15, 0.2) is 0 Å². The van der Waals surface area contributed by atoms with Crippen molar-refractivity contribution in [3.05, 3.63) is 54.1 Å². The van der Waals surface area contributed by atoms with Gasteiger partial charge in [-0.05, 0) is 61.2 Å². The van der Waals surface area contributed by atoms with Crippen molar-refractivity contribution in [2.24, 2.45) is 0 Å². The fraction of sp³-hybridized carbons (Fsp3) is 0.381. The van der Waals surface area contributed by atoms with Crippen LogP contribution in [0.3, 0.4) is 0 Å². The molecular weight excluding hydrogens is 328 g/mol. The molecule has 26 heavy (non-hydrogen) atoms. The van der Waals surface area contributed by atoms with Crippen LogP contribution in [0.15, 0.2) is 48.5 Å². The maximum absolute atomic E-state index is 12.0. The fourth-order valence-electron chi connectivity index (χ4n) is 3.13. The van der Waals surface area contributed by atoms with Crippen LogP contribution in [-0.2, 0) is 16.1 Å². The summed E-state index contributed by atoms with van der Waals surface area (Å²) in [5.74, 6) is 0.628. The molecule has 0 saturated carbocycles. The molecule has 5 nitrogen and oxygen atoms in total. The standard InChI is InChI=1S/C21H26N2O3/c1-25-20-7-5-6-17(14-20)15-26-16-21(24)22-18-8-10-19(11-9-18)23-12-3-2-4-13-23/h5-11,14H,2-4,12-13,15-16H2,1H3,(H,22,24). The molecule has 1 aliphatic heterocycles. The molecule has 0 aliphatic carbocycles. The van der Waals surface area contributed by atoms with E-state index in [0.717, 1.165) is 30.1 Å². The minimum absolute atomic E-state index is 0.0189. The molecule has 0 spiro atoms. The first-order valence-electron chi connectivity index (χ1n) is 9.10. The average Bonchev–Trinajstić information content (AvgIpc) is 2.69. The summed E-state index contributed by atoms with van der Waals surface area (Å²) in [6.45, 7) is 2.62. The van der Waals surface area contributed by atoms with Crippen LogP contribution in [0, 0.1) is 0 Å². The van der Waals surface area contributed by atoms with E-state index in [1.807, 2.05) is 36.4 Å². The summed E-state index contributed by atoms with van der Waals surface area (Å²) in [7, 11) is 1.63. The molecule has 1 N–H and O–H groups in total. The Hall–Kier alpha value is -2.53. The number of methoxy groups -OCH3 is 1. The first kappa shape index (κ1) is 18.3. The van der Waals surface area contributed by atoms with Crippen molar-refractivity contribution < 1.29 is 14.3 Å². The lowest BCUT2D eigenvalue weighted by Gasteiger charge is -2.28. The number of ether oxygens (including phenoxy) is 2. The van der Waals surface area contributed by atoms with E-state index in [1.165, 1.54) is 24.9 Å². The van der Waals surface area contributed by atoms with E-state index in [0.29, 0.717) is 6.61 Å². The van der Waals surface area contributed by atoms with Crippen molar-refractivity contribution in [2.75, 3.05) is 37.0 Å². The van der Waals surface area contributed by atoms with Crippen LogP contribution in [0.5, 0.6) is 5.75 Å². The molecule has 5 heteroatoms. The number of piperidine rings is 1. The third kappa shape index (κ3) is 5.23. The largest absolute Gasteiger partial charge is 0.497 e. The van der Waals surface area contributed by atoms with Gasteiger partial charge in [0.25, 0.3) is 0 Å². The monoisotopic (exact) mass is 354 g/mol. The number of carbonyl (C=O) groups is 1. The number of rotatable bonds is 7. The van der Waals surface area contributed by atoms with Crippen LogP contribution in [0.2, 0.25) is 0 Å². The highest BCUT2D eigenvalue weighted by molar-refractivity contribution is 5.91. The van der Waals surface area contributed by atoms with E-state index < -0.39 is 0 Å². The van der Waals surface area contributed by atoms with E-state index >= 15 is 0 Å². The van der Waals surface area contributed by atoms with Crippen LogP contribution >= 0.6 is 0 Å². The Morgan fingerprint density at radius 1 is 1.08 bits per heavy atom. The van der Waals surface area contributed by atoms with Crippen molar-refractivity contribution in [1.29, 1.82) is 0 Å². The maximum atomic E-state index is 12.0. The molecule has 0 unspecified atom stereocenters. The quantitative estimate of drug-likeness (QED) is 0.821. The number of nitrogens with zero attached hydrogens (tertiary/aromatic N) is 1. The fourth-order valence-corrected chi connectivity index (χ4v) is 3.13. The Labute approximate surface area is 154 Å². The van der Waals surface area contributed by atoms with Gasteiger partial charge in [-0.3, -0.25) is 4.79 Å². The van der Waals surface area contributed by atoms with Gasteiger partial charge < -0.3 is 19.7 Å². The zero-order chi connectivity index (χ0) is 18.2. The Morgan fingerprint density at radius 2 is 1.85 bits per heavy atom. The topological polar surface area (TPSA) is 50.8 Å². The molecule has 0 aromatic heterocycles. The van der Waals surface area contributed by atoms with Crippen molar-refractivity contribution >= 4 is 17.3 Å². The summed E-state index contributed by atoms with van der Waals surface area (Å²) in [5.41, 5.74) is 2.99. The summed E-state index contributed by atoms with van der Waals surface area (Å²) in [6.07, 6.45) is 3.83. The molecule has 2 aromatic rings. The van der Waals surface area contributed by atoms with Gasteiger partial charge in [-0.1, -0.05) is 12.1 Å². The number of hydrogen-bond acceptors (Lipinski definition) is 4. The van der Waals surface area contributed by atoms with Gasteiger partial charge in [0.1, 0.15) is 12.4 Å². The number of amides is 1. The SMILES string of the molecule is COc1cccc(COCC(=O)Nc2ccc(N3CCCCC3)cc2)c1. The van der Waals surface area contributed by atoms with Crippen molar-refractivity contribution in [3.63, 3.8) is 0 Å². The number of carbonyl (C=O) groups excluding carboxylic acids is 1. The normalized spacial score (nSPS) is 14.1. The van der Waals surface area contributed by atoms with Crippen molar-refractivity contribution in [3.8, 4) is 5.75 Å². The van der Waals surface area contributed by atoms with Gasteiger partial charge in [0.05, 0.1) is 13.7 Å². The lowest BCUT2D eigenvalue weighted by Crippen LogP contribution is -2.29. The minimum atomic E-state index is -0.154. The van der Waals surface area contributed by atoms with Crippen LogP contribution in [0.1, 0.15) is 24.8 Å². The van der Waals surface area contributed by atoms with Crippen LogP contribution in [-0.4, -0.2) is 32.7 Å². The van der Waals surface area contributed by atoms with Gasteiger partial charge in [-0.15, -0.1) is 0 Å². The van der Waals surface area contributed by atoms with Crippen LogP contribution < -0.4 is 15.0 Å². The second-order valence-corrected chi connectivity index (χ2v) is 6.49. The summed E-state index contributed by atoms with van der Waals surface area (Å²) in [5, 5.41) is 2.87. The number of nitrogens with one attached hydrogen (secondary N) is 1. The van der Waals surface area contributed by atoms with Crippen molar-refractivity contribution in [1.82, 2.24) is 0 Å². The summed E-state index contributed by atoms with van der Waals surface area (Å²) >= 11 is 0. The molecule has 1 fully saturated rings. The molecule has 3 rings (SSSR count). The van der Waals surface area contributed by atoms with Gasteiger partial charge in [0.2, 0.25) is 5.91 Å². The van der Waals surface area contributed by atoms with Gasteiger partial charge in [-0.25, -0.2) is 0 Å². The highest BCUT2D eigenvalue weighted by Crippen LogP contribution is 2.21. The van der Waals surface area contributed by atoms with E-state index in [1.54, 1.807) is 7.11 Å². The molecule has 0 radical (unpaired) electrons. The average molecular weight is 354 g/mol. The molecule has 1 amide bonds. The number of anilines is 2. The molecule has 0 bridgehead atoms. The molecular formula is C21H26N2O3. The molecule has 1 heterocycles. The third-order valence-corrected chi connectivity index (χ3v) is 4.51. The zero-order valence-electron chi connectivity index (χ0n) is 15.2. The molecule has 1 saturated heterocycles. The summed E-state index contributed by atoms with van der Waals surface area (Å²) < 4.78 is 10.7. The van der Waals surface area contributed by atoms with E-state index in [2.05, 4.69) is 22.3 Å². The zero-order valence-corrected chi connectivity index (χ0v) is 15.2. The highest BCUT2D eigenvalue weighted by Gasteiger charge is 2.11. The highest BCUT2D eigenvalue weighted by atomic mass is 16.5. The Bertz CT molecular complexity index is 709. The number of hydrogen-bond donors (Lipinski definition) is 1. The van der Waals surface area contributed by atoms with Gasteiger partial charge in [0, 0.05) is 24.5 Å². The lowest BCUT2D eigenvalue weighted by atomic mass is 10.1. The van der Waals surface area contributed by atoms with Crippen LogP contribution in [0.25, 0.3) is 0 Å². The Balaban J connectivity index is 1.44. The van der Waals surface area contributed by atoms with Gasteiger partial charge >= 0.3 is 0 Å². The van der Waals surface area contributed by atoms with E-state index in [4.69, 9.17) is 9.47 Å². The Kier molecular flexibility index (Phi) is 6.50. The number of benzene rings is 2. The lowest BCUT2D eigenvalue weighted by molar-refractivity contribution is -0.121. The molecule has 138 valence electrons. The molecule has 0 atom stereocenters. The van der Waals surface area contributed by atoms with Crippen LogP contribution in [0.4, 0.5) is 11.4 Å². The predicted molar refractivity (Wildman–Crippen MR) is 104 cm³/mol. The third-order valence-electron chi connectivity index (χ3n) is 4.51.